The van der Waals surface area contributed by atoms with Crippen molar-refractivity contribution in [1.29, 1.82) is 0 Å². The molecule has 8 aromatic rings. The minimum absolute atomic E-state index is 0.00540. The van der Waals surface area contributed by atoms with Gasteiger partial charge in [-0.05, 0) is 192 Å². The molecule has 6 aromatic carbocycles. The van der Waals surface area contributed by atoms with Gasteiger partial charge in [0.25, 0.3) is 0 Å². The topological polar surface area (TPSA) is 32.3 Å². The molecule has 2 aromatic heterocycles. The number of aryl methyl sites for hydroxylation is 2. The number of hydrogen-bond donors (Lipinski definition) is 0. The van der Waals surface area contributed by atoms with E-state index in [1.165, 1.54) is 151 Å². The van der Waals surface area contributed by atoms with Crippen molar-refractivity contribution in [3.63, 3.8) is 0 Å². The first-order chi connectivity index (χ1) is 31.5. The maximum absolute atomic E-state index is 4.57. The third-order valence-electron chi connectivity index (χ3n) is 18.0. The Balaban J connectivity index is 0.892. The molecule has 4 unspecified atom stereocenters. The monoisotopic (exact) mass is 846 g/mol. The van der Waals surface area contributed by atoms with E-state index in [1.54, 1.807) is 0 Å². The first-order valence-electron chi connectivity index (χ1n) is 24.4. The Morgan fingerprint density at radius 2 is 0.969 bits per heavy atom. The van der Waals surface area contributed by atoms with E-state index in [4.69, 9.17) is 0 Å². The lowest BCUT2D eigenvalue weighted by molar-refractivity contribution is 0.195. The maximum atomic E-state index is 4.57. The summed E-state index contributed by atoms with van der Waals surface area (Å²) in [4.78, 5) is 14.5. The van der Waals surface area contributed by atoms with Crippen LogP contribution in [0.15, 0.2) is 134 Å². The van der Waals surface area contributed by atoms with E-state index in [-0.39, 0.29) is 21.9 Å². The molecule has 13 rings (SSSR count). The highest BCUT2D eigenvalue weighted by atomic mass is 15.3. The number of benzene rings is 6. The summed E-state index contributed by atoms with van der Waals surface area (Å²) in [6, 6.07) is 47.5. The quantitative estimate of drug-likeness (QED) is 0.165. The predicted molar refractivity (Wildman–Crippen MR) is 271 cm³/mol. The Labute approximate surface area is 384 Å². The van der Waals surface area contributed by atoms with Crippen molar-refractivity contribution in [3.05, 3.63) is 167 Å². The van der Waals surface area contributed by atoms with Gasteiger partial charge in [0.1, 0.15) is 0 Å². The summed E-state index contributed by atoms with van der Waals surface area (Å²) in [5, 5.41) is 5.42. The van der Waals surface area contributed by atoms with Crippen molar-refractivity contribution in [1.82, 2.24) is 9.97 Å². The minimum Gasteiger partial charge on any atom is -0.334 e. The van der Waals surface area contributed by atoms with Gasteiger partial charge in [0.05, 0.1) is 11.1 Å². The molecule has 5 aliphatic rings. The number of hydrogen-bond acceptors (Lipinski definition) is 4. The molecule has 2 saturated carbocycles. The summed E-state index contributed by atoms with van der Waals surface area (Å²) >= 11 is 0. The molecule has 0 spiro atoms. The predicted octanol–water partition coefficient (Wildman–Crippen LogP) is 15.8. The Morgan fingerprint density at radius 3 is 1.55 bits per heavy atom. The fourth-order valence-electron chi connectivity index (χ4n) is 14.3. The molecule has 0 N–H and O–H groups in total. The number of anilines is 4. The largest absolute Gasteiger partial charge is 0.334 e. The molecule has 0 amide bonds. The van der Waals surface area contributed by atoms with Crippen LogP contribution >= 0.6 is 0 Å². The maximum Gasteiger partial charge on any atom is 0.0517 e. The van der Waals surface area contributed by atoms with Gasteiger partial charge in [-0.3, -0.25) is 9.97 Å². The second-order valence-electron chi connectivity index (χ2n) is 21.3. The van der Waals surface area contributed by atoms with Crippen molar-refractivity contribution in [2.75, 3.05) is 9.80 Å². The number of aromatic nitrogens is 2. The molecule has 65 heavy (non-hydrogen) atoms. The van der Waals surface area contributed by atoms with Gasteiger partial charge in [0.15, 0.2) is 0 Å². The van der Waals surface area contributed by atoms with Crippen LogP contribution in [0.5, 0.6) is 0 Å². The SMILES string of the molecule is Cc1cc(N2c3ccc(-c4ccc5c(c4)Cc4c-5c5ccccc5c5cc(-c6ccc7c(c6)C6(C)CCCCC6(C)N7c6ccnc(C)c6)ccc45)cc3C3(C)CCCCC23C)ccn1. The first kappa shape index (κ1) is 39.1. The Hall–Kier alpha value is -6.26. The van der Waals surface area contributed by atoms with Crippen molar-refractivity contribution < 1.29 is 0 Å². The van der Waals surface area contributed by atoms with Gasteiger partial charge in [0.2, 0.25) is 0 Å². The Morgan fingerprint density at radius 1 is 0.462 bits per heavy atom. The van der Waals surface area contributed by atoms with E-state index in [1.807, 2.05) is 12.4 Å². The molecule has 4 atom stereocenters. The normalized spacial score (nSPS) is 25.0. The van der Waals surface area contributed by atoms with Gasteiger partial charge >= 0.3 is 0 Å². The molecule has 2 aliphatic heterocycles. The van der Waals surface area contributed by atoms with E-state index in [2.05, 4.69) is 183 Å². The second kappa shape index (κ2) is 13.6. The minimum atomic E-state index is 0.00540. The molecule has 4 heteroatoms. The number of rotatable bonds is 4. The van der Waals surface area contributed by atoms with Crippen molar-refractivity contribution >= 4 is 44.3 Å². The van der Waals surface area contributed by atoms with Crippen molar-refractivity contribution in [3.8, 4) is 33.4 Å². The highest BCUT2D eigenvalue weighted by molar-refractivity contribution is 6.18. The summed E-state index contributed by atoms with van der Waals surface area (Å²) in [7, 11) is 0. The van der Waals surface area contributed by atoms with Crippen LogP contribution < -0.4 is 9.80 Å². The summed E-state index contributed by atoms with van der Waals surface area (Å²) in [5.74, 6) is 0. The molecule has 3 aliphatic carbocycles. The summed E-state index contributed by atoms with van der Waals surface area (Å²) in [6.45, 7) is 14.3. The zero-order valence-corrected chi connectivity index (χ0v) is 38.9. The van der Waals surface area contributed by atoms with Gasteiger partial charge < -0.3 is 9.80 Å². The highest BCUT2D eigenvalue weighted by Gasteiger charge is 2.59. The fourth-order valence-corrected chi connectivity index (χ4v) is 14.3. The molecule has 322 valence electrons. The van der Waals surface area contributed by atoms with E-state index in [9.17, 15) is 0 Å². The summed E-state index contributed by atoms with van der Waals surface area (Å²) in [5.41, 5.74) is 21.4. The number of nitrogens with zero attached hydrogens (tertiary/aromatic N) is 4. The van der Waals surface area contributed by atoms with Crippen LogP contribution in [0.4, 0.5) is 22.7 Å². The lowest BCUT2D eigenvalue weighted by Gasteiger charge is -2.50. The molecule has 4 heterocycles. The van der Waals surface area contributed by atoms with Gasteiger partial charge in [-0.15, -0.1) is 0 Å². The molecular weight excluding hydrogens is 789 g/mol. The first-order valence-corrected chi connectivity index (χ1v) is 24.4. The van der Waals surface area contributed by atoms with Crippen LogP contribution in [0, 0.1) is 13.8 Å². The standard InChI is InChI=1S/C61H58N4/c1-38-31-45(23-29-62-38)64-55-21-17-42(36-53(55)58(3)25-9-11-27-60(58,64)5)40-15-19-47-44(33-40)35-52-49-20-16-41(34-51(49)48-13-7-8-14-50(48)57(47)52)43-18-22-56-54(37-43)59(4)26-10-12-28-61(59,6)65(56)46-24-30-63-39(2)32-46/h7-8,13-24,29-34,36-37H,9-12,25-28,35H2,1-6H3. The van der Waals surface area contributed by atoms with E-state index < -0.39 is 0 Å². The molecular formula is C61H58N4. The zero-order chi connectivity index (χ0) is 44.0. The third-order valence-corrected chi connectivity index (χ3v) is 18.0. The highest BCUT2D eigenvalue weighted by Crippen LogP contribution is 2.63. The van der Waals surface area contributed by atoms with Gasteiger partial charge in [-0.25, -0.2) is 0 Å². The van der Waals surface area contributed by atoms with Crippen LogP contribution in [-0.4, -0.2) is 21.0 Å². The molecule has 0 radical (unpaired) electrons. The van der Waals surface area contributed by atoms with E-state index in [0.717, 1.165) is 17.8 Å². The lowest BCUT2D eigenvalue weighted by Crippen LogP contribution is -2.54. The van der Waals surface area contributed by atoms with Crippen molar-refractivity contribution in [2.24, 2.45) is 0 Å². The van der Waals surface area contributed by atoms with Gasteiger partial charge in [0, 0.05) is 57.4 Å². The van der Waals surface area contributed by atoms with Gasteiger partial charge in [-0.1, -0.05) is 106 Å². The number of pyridine rings is 2. The van der Waals surface area contributed by atoms with Crippen LogP contribution in [-0.2, 0) is 17.3 Å². The zero-order valence-electron chi connectivity index (χ0n) is 38.9. The average Bonchev–Trinajstić information content (AvgIpc) is 3.87. The third kappa shape index (κ3) is 5.26. The van der Waals surface area contributed by atoms with E-state index >= 15 is 0 Å². The summed E-state index contributed by atoms with van der Waals surface area (Å²) < 4.78 is 0. The summed E-state index contributed by atoms with van der Waals surface area (Å²) in [6.07, 6.45) is 14.8. The Kier molecular flexibility index (Phi) is 8.21. The molecule has 2 fully saturated rings. The van der Waals surface area contributed by atoms with Gasteiger partial charge in [-0.2, -0.15) is 0 Å². The van der Waals surface area contributed by atoms with Crippen LogP contribution in [0.2, 0.25) is 0 Å². The molecule has 4 nitrogen and oxygen atoms in total. The smallest absolute Gasteiger partial charge is 0.0517 e. The number of fused-ring (bicyclic) bond motifs is 14. The fraction of sp³-hybridized carbons (Fsp3) is 0.311. The van der Waals surface area contributed by atoms with Crippen molar-refractivity contribution in [2.45, 2.75) is 121 Å². The average molecular weight is 847 g/mol. The molecule has 0 bridgehead atoms. The van der Waals surface area contributed by atoms with Crippen LogP contribution in [0.1, 0.15) is 113 Å². The van der Waals surface area contributed by atoms with Crippen LogP contribution in [0.25, 0.3) is 54.9 Å². The van der Waals surface area contributed by atoms with E-state index in [0.29, 0.717) is 0 Å². The Bertz CT molecular complexity index is 3330. The van der Waals surface area contributed by atoms with Crippen LogP contribution in [0.3, 0.4) is 0 Å². The second-order valence-corrected chi connectivity index (χ2v) is 21.3. The lowest BCUT2D eigenvalue weighted by atomic mass is 9.61. The molecule has 0 saturated heterocycles.